The third-order valence-corrected chi connectivity index (χ3v) is 2.20. The summed E-state index contributed by atoms with van der Waals surface area (Å²) >= 11 is 5.95. The highest BCUT2D eigenvalue weighted by atomic mass is 35.5. The Labute approximate surface area is 93.7 Å². The Bertz CT molecular complexity index is 331. The third-order valence-electron chi connectivity index (χ3n) is 1.90. The summed E-state index contributed by atoms with van der Waals surface area (Å²) in [5.41, 5.74) is 2.85. The number of halogens is 1. The van der Waals surface area contributed by atoms with Crippen molar-refractivity contribution in [3.63, 3.8) is 0 Å². The number of benzene rings is 1. The van der Waals surface area contributed by atoms with Crippen molar-refractivity contribution in [2.45, 2.75) is 13.5 Å². The SMILES string of the molecule is CCOc1cc(OC)c(Cl)cc1CNO. The van der Waals surface area contributed by atoms with Gasteiger partial charge in [0.05, 0.1) is 18.7 Å². The molecule has 0 aliphatic rings. The maximum absolute atomic E-state index is 8.65. The number of nitrogens with one attached hydrogen (secondary N) is 1. The van der Waals surface area contributed by atoms with E-state index in [-0.39, 0.29) is 6.54 Å². The van der Waals surface area contributed by atoms with Crippen LogP contribution in [0.25, 0.3) is 0 Å². The van der Waals surface area contributed by atoms with Gasteiger partial charge in [-0.15, -0.1) is 0 Å². The van der Waals surface area contributed by atoms with Gasteiger partial charge >= 0.3 is 0 Å². The van der Waals surface area contributed by atoms with E-state index in [1.807, 2.05) is 6.92 Å². The minimum absolute atomic E-state index is 0.277. The van der Waals surface area contributed by atoms with Crippen molar-refractivity contribution in [1.82, 2.24) is 5.48 Å². The first-order chi connectivity index (χ1) is 7.22. The number of hydroxylamine groups is 1. The molecule has 0 bridgehead atoms. The van der Waals surface area contributed by atoms with E-state index in [1.54, 1.807) is 19.2 Å². The molecule has 1 aromatic rings. The summed E-state index contributed by atoms with van der Waals surface area (Å²) in [7, 11) is 1.54. The Morgan fingerprint density at radius 2 is 2.13 bits per heavy atom. The number of hydrogen-bond acceptors (Lipinski definition) is 4. The summed E-state index contributed by atoms with van der Waals surface area (Å²) in [6.07, 6.45) is 0. The topological polar surface area (TPSA) is 50.7 Å². The van der Waals surface area contributed by atoms with Gasteiger partial charge in [0.1, 0.15) is 11.5 Å². The molecule has 0 radical (unpaired) electrons. The maximum atomic E-state index is 8.65. The molecule has 5 heteroatoms. The maximum Gasteiger partial charge on any atom is 0.141 e. The molecule has 1 aromatic carbocycles. The molecule has 0 heterocycles. The second-order valence-corrected chi connectivity index (χ2v) is 3.27. The molecule has 0 atom stereocenters. The van der Waals surface area contributed by atoms with Crippen molar-refractivity contribution < 1.29 is 14.7 Å². The lowest BCUT2D eigenvalue weighted by molar-refractivity contribution is 0.159. The summed E-state index contributed by atoms with van der Waals surface area (Å²) in [5, 5.41) is 9.14. The van der Waals surface area contributed by atoms with E-state index in [0.29, 0.717) is 23.1 Å². The quantitative estimate of drug-likeness (QED) is 0.763. The van der Waals surface area contributed by atoms with Crippen molar-refractivity contribution >= 4 is 11.6 Å². The monoisotopic (exact) mass is 231 g/mol. The van der Waals surface area contributed by atoms with Crippen LogP contribution in [-0.4, -0.2) is 18.9 Å². The van der Waals surface area contributed by atoms with Gasteiger partial charge in [0.15, 0.2) is 0 Å². The van der Waals surface area contributed by atoms with Crippen molar-refractivity contribution in [1.29, 1.82) is 0 Å². The first-order valence-corrected chi connectivity index (χ1v) is 4.96. The van der Waals surface area contributed by atoms with Crippen LogP contribution in [0.3, 0.4) is 0 Å². The standard InChI is InChI=1S/C10H14ClNO3/c1-3-15-9-5-10(14-2)8(11)4-7(9)6-12-13/h4-5,12-13H,3,6H2,1-2H3. The summed E-state index contributed by atoms with van der Waals surface area (Å²) in [5.74, 6) is 1.21. The van der Waals surface area contributed by atoms with Gasteiger partial charge in [-0.2, -0.15) is 0 Å². The second kappa shape index (κ2) is 5.80. The predicted octanol–water partition coefficient (Wildman–Crippen LogP) is 2.23. The van der Waals surface area contributed by atoms with Gasteiger partial charge in [-0.1, -0.05) is 11.6 Å². The Balaban J connectivity index is 3.07. The van der Waals surface area contributed by atoms with Crippen LogP contribution in [0.15, 0.2) is 12.1 Å². The lowest BCUT2D eigenvalue weighted by atomic mass is 10.2. The van der Waals surface area contributed by atoms with E-state index in [4.69, 9.17) is 26.3 Å². The molecule has 0 aromatic heterocycles. The number of rotatable bonds is 5. The highest BCUT2D eigenvalue weighted by molar-refractivity contribution is 6.32. The van der Waals surface area contributed by atoms with Crippen LogP contribution in [0.5, 0.6) is 11.5 Å². The average molecular weight is 232 g/mol. The van der Waals surface area contributed by atoms with E-state index in [9.17, 15) is 0 Å². The molecule has 0 saturated carbocycles. The zero-order valence-electron chi connectivity index (χ0n) is 8.71. The summed E-state index contributed by atoms with van der Waals surface area (Å²) in [6, 6.07) is 3.41. The molecular weight excluding hydrogens is 218 g/mol. The lowest BCUT2D eigenvalue weighted by Gasteiger charge is -2.12. The van der Waals surface area contributed by atoms with Crippen molar-refractivity contribution in [2.24, 2.45) is 0 Å². The second-order valence-electron chi connectivity index (χ2n) is 2.86. The van der Waals surface area contributed by atoms with Crippen LogP contribution in [0.1, 0.15) is 12.5 Å². The Morgan fingerprint density at radius 3 is 2.67 bits per heavy atom. The lowest BCUT2D eigenvalue weighted by Crippen LogP contribution is -2.08. The van der Waals surface area contributed by atoms with Crippen LogP contribution in [-0.2, 0) is 6.54 Å². The third kappa shape index (κ3) is 2.99. The summed E-state index contributed by atoms with van der Waals surface area (Å²) < 4.78 is 10.5. The molecule has 0 aliphatic heterocycles. The fraction of sp³-hybridized carbons (Fsp3) is 0.400. The van der Waals surface area contributed by atoms with Crippen LogP contribution in [0.4, 0.5) is 0 Å². The molecule has 0 fully saturated rings. The highest BCUT2D eigenvalue weighted by Gasteiger charge is 2.09. The fourth-order valence-corrected chi connectivity index (χ4v) is 1.51. The summed E-state index contributed by atoms with van der Waals surface area (Å²) in [4.78, 5) is 0. The van der Waals surface area contributed by atoms with E-state index >= 15 is 0 Å². The molecule has 0 saturated heterocycles. The van der Waals surface area contributed by atoms with Gasteiger partial charge in [0.2, 0.25) is 0 Å². The largest absolute Gasteiger partial charge is 0.495 e. The first-order valence-electron chi connectivity index (χ1n) is 4.59. The van der Waals surface area contributed by atoms with E-state index < -0.39 is 0 Å². The molecule has 0 unspecified atom stereocenters. The minimum Gasteiger partial charge on any atom is -0.495 e. The first kappa shape index (κ1) is 12.1. The van der Waals surface area contributed by atoms with Crippen LogP contribution < -0.4 is 15.0 Å². The molecule has 2 N–H and O–H groups in total. The Kier molecular flexibility index (Phi) is 4.68. The normalized spacial score (nSPS) is 10.1. The molecule has 0 amide bonds. The van der Waals surface area contributed by atoms with Gasteiger partial charge in [-0.3, -0.25) is 0 Å². The number of hydrogen-bond donors (Lipinski definition) is 2. The molecule has 4 nitrogen and oxygen atoms in total. The van der Waals surface area contributed by atoms with Crippen LogP contribution in [0.2, 0.25) is 5.02 Å². The molecule has 0 aliphatic carbocycles. The van der Waals surface area contributed by atoms with Crippen molar-refractivity contribution in [3.8, 4) is 11.5 Å². The van der Waals surface area contributed by atoms with Gasteiger partial charge in [0, 0.05) is 18.2 Å². The Hall–Kier alpha value is -0.970. The van der Waals surface area contributed by atoms with E-state index in [0.717, 1.165) is 5.56 Å². The Morgan fingerprint density at radius 1 is 1.40 bits per heavy atom. The predicted molar refractivity (Wildman–Crippen MR) is 57.8 cm³/mol. The highest BCUT2D eigenvalue weighted by Crippen LogP contribution is 2.32. The van der Waals surface area contributed by atoms with E-state index in [1.165, 1.54) is 0 Å². The zero-order valence-corrected chi connectivity index (χ0v) is 9.47. The smallest absolute Gasteiger partial charge is 0.141 e. The number of methoxy groups -OCH3 is 1. The van der Waals surface area contributed by atoms with Crippen LogP contribution in [0, 0.1) is 0 Å². The van der Waals surface area contributed by atoms with Gasteiger partial charge in [-0.05, 0) is 13.0 Å². The fourth-order valence-electron chi connectivity index (χ4n) is 1.25. The van der Waals surface area contributed by atoms with Crippen molar-refractivity contribution in [3.05, 3.63) is 22.7 Å². The van der Waals surface area contributed by atoms with Crippen molar-refractivity contribution in [2.75, 3.05) is 13.7 Å². The molecule has 15 heavy (non-hydrogen) atoms. The van der Waals surface area contributed by atoms with Gasteiger partial charge in [0.25, 0.3) is 0 Å². The number of ether oxygens (including phenoxy) is 2. The minimum atomic E-state index is 0.277. The van der Waals surface area contributed by atoms with Crippen LogP contribution >= 0.6 is 11.6 Å². The van der Waals surface area contributed by atoms with Gasteiger partial charge < -0.3 is 14.7 Å². The molecule has 84 valence electrons. The zero-order chi connectivity index (χ0) is 11.3. The van der Waals surface area contributed by atoms with Gasteiger partial charge in [-0.25, -0.2) is 5.48 Å². The molecule has 0 spiro atoms. The molecular formula is C10H14ClNO3. The summed E-state index contributed by atoms with van der Waals surface area (Å²) in [6.45, 7) is 2.71. The van der Waals surface area contributed by atoms with E-state index in [2.05, 4.69) is 5.48 Å². The molecule has 1 rings (SSSR count). The average Bonchev–Trinajstić information content (AvgIpc) is 2.22.